The Morgan fingerprint density at radius 2 is 2.08 bits per heavy atom. The number of hydrogen-bond acceptors (Lipinski definition) is 3. The molecule has 0 spiro atoms. The Morgan fingerprint density at radius 3 is 2.50 bits per heavy atom. The first-order valence-electron chi connectivity index (χ1n) is 4.13. The summed E-state index contributed by atoms with van der Waals surface area (Å²) in [5, 5.41) is 2.45. The van der Waals surface area contributed by atoms with E-state index < -0.39 is 6.04 Å². The van der Waals surface area contributed by atoms with Crippen LogP contribution < -0.4 is 11.1 Å². The molecule has 0 saturated heterocycles. The molecule has 0 aromatic rings. The largest absolute Gasteiger partial charge is 0.348 e. The summed E-state index contributed by atoms with van der Waals surface area (Å²) in [5.41, 5.74) is 5.27. The summed E-state index contributed by atoms with van der Waals surface area (Å²) in [5.74, 6) is -0.231. The van der Waals surface area contributed by atoms with Gasteiger partial charge in [0.15, 0.2) is 5.78 Å². The van der Waals surface area contributed by atoms with Gasteiger partial charge in [0, 0.05) is 6.42 Å². The second-order valence-electron chi connectivity index (χ2n) is 2.80. The fourth-order valence-electron chi connectivity index (χ4n) is 0.714. The molecule has 0 aromatic heterocycles. The molecule has 0 aliphatic carbocycles. The monoisotopic (exact) mass is 172 g/mol. The number of nitrogens with two attached hydrogens (primary N) is 1. The fourth-order valence-corrected chi connectivity index (χ4v) is 0.714. The van der Waals surface area contributed by atoms with Gasteiger partial charge in [-0.3, -0.25) is 9.59 Å². The second kappa shape index (κ2) is 5.71. The molecule has 0 heterocycles. The minimum absolute atomic E-state index is 0.0477. The summed E-state index contributed by atoms with van der Waals surface area (Å²) < 4.78 is 0. The molecular formula is C8H16N2O2. The maximum atomic E-state index is 10.9. The Labute approximate surface area is 72.5 Å². The molecule has 4 heteroatoms. The van der Waals surface area contributed by atoms with Crippen molar-refractivity contribution in [2.45, 2.75) is 32.7 Å². The average molecular weight is 172 g/mol. The molecule has 0 radical (unpaired) electrons. The zero-order valence-electron chi connectivity index (χ0n) is 7.59. The predicted molar refractivity (Wildman–Crippen MR) is 46.6 cm³/mol. The molecule has 0 aliphatic rings. The first-order valence-corrected chi connectivity index (χ1v) is 4.13. The van der Waals surface area contributed by atoms with E-state index >= 15 is 0 Å². The summed E-state index contributed by atoms with van der Waals surface area (Å²) in [6.45, 7) is 3.61. The molecule has 70 valence electrons. The van der Waals surface area contributed by atoms with Crippen LogP contribution in [0.3, 0.4) is 0 Å². The topological polar surface area (TPSA) is 72.2 Å². The molecule has 0 aliphatic heterocycles. The van der Waals surface area contributed by atoms with Crippen LogP contribution in [-0.2, 0) is 9.59 Å². The third-order valence-corrected chi connectivity index (χ3v) is 1.40. The van der Waals surface area contributed by atoms with Gasteiger partial charge in [0.25, 0.3) is 0 Å². The highest BCUT2D eigenvalue weighted by Gasteiger charge is 2.07. The van der Waals surface area contributed by atoms with Gasteiger partial charge in [-0.25, -0.2) is 0 Å². The predicted octanol–water partition coefficient (Wildman–Crippen LogP) is -0.181. The highest BCUT2D eigenvalue weighted by atomic mass is 16.2. The van der Waals surface area contributed by atoms with Gasteiger partial charge in [-0.15, -0.1) is 0 Å². The molecule has 1 atom stereocenters. The quantitative estimate of drug-likeness (QED) is 0.604. The molecule has 0 rings (SSSR count). The van der Waals surface area contributed by atoms with Crippen LogP contribution in [0.2, 0.25) is 0 Å². The molecule has 0 saturated carbocycles. The zero-order valence-corrected chi connectivity index (χ0v) is 7.59. The van der Waals surface area contributed by atoms with E-state index in [1.165, 1.54) is 0 Å². The summed E-state index contributed by atoms with van der Waals surface area (Å²) in [4.78, 5) is 21.8. The van der Waals surface area contributed by atoms with Crippen molar-refractivity contribution in [3.8, 4) is 0 Å². The Balaban J connectivity index is 3.54. The van der Waals surface area contributed by atoms with Gasteiger partial charge < -0.3 is 11.1 Å². The van der Waals surface area contributed by atoms with Gasteiger partial charge in [0.1, 0.15) is 0 Å². The van der Waals surface area contributed by atoms with Gasteiger partial charge in [0.05, 0.1) is 12.6 Å². The number of carbonyl (C=O) groups is 2. The summed E-state index contributed by atoms with van der Waals surface area (Å²) in [6.07, 6.45) is 1.33. The van der Waals surface area contributed by atoms with Crippen molar-refractivity contribution in [2.75, 3.05) is 6.54 Å². The first-order chi connectivity index (χ1) is 5.57. The van der Waals surface area contributed by atoms with E-state index in [2.05, 4.69) is 5.32 Å². The highest BCUT2D eigenvalue weighted by Crippen LogP contribution is 1.87. The lowest BCUT2D eigenvalue weighted by molar-refractivity contribution is -0.125. The molecule has 0 aromatic carbocycles. The van der Waals surface area contributed by atoms with Crippen LogP contribution in [0, 0.1) is 0 Å². The normalized spacial score (nSPS) is 12.2. The van der Waals surface area contributed by atoms with E-state index in [-0.39, 0.29) is 18.2 Å². The number of rotatable bonds is 5. The fraction of sp³-hybridized carbons (Fsp3) is 0.750. The molecule has 4 nitrogen and oxygen atoms in total. The Bertz CT molecular complexity index is 166. The van der Waals surface area contributed by atoms with Crippen LogP contribution in [0.1, 0.15) is 26.7 Å². The van der Waals surface area contributed by atoms with Crippen molar-refractivity contribution in [3.05, 3.63) is 0 Å². The van der Waals surface area contributed by atoms with E-state index in [1.54, 1.807) is 6.92 Å². The Hall–Kier alpha value is -0.900. The molecule has 0 unspecified atom stereocenters. The van der Waals surface area contributed by atoms with Crippen molar-refractivity contribution >= 4 is 11.7 Å². The molecule has 0 fully saturated rings. The van der Waals surface area contributed by atoms with Crippen molar-refractivity contribution in [1.29, 1.82) is 0 Å². The Kier molecular flexibility index (Phi) is 5.28. The van der Waals surface area contributed by atoms with Gasteiger partial charge in [-0.1, -0.05) is 6.92 Å². The van der Waals surface area contributed by atoms with Crippen LogP contribution in [0.25, 0.3) is 0 Å². The van der Waals surface area contributed by atoms with E-state index in [9.17, 15) is 9.59 Å². The van der Waals surface area contributed by atoms with Gasteiger partial charge >= 0.3 is 0 Å². The van der Waals surface area contributed by atoms with Gasteiger partial charge in [-0.05, 0) is 13.3 Å². The number of Topliss-reactive ketones (excluding diaryl/α,β-unsaturated/α-hetero) is 1. The van der Waals surface area contributed by atoms with Crippen LogP contribution >= 0.6 is 0 Å². The lowest BCUT2D eigenvalue weighted by Crippen LogP contribution is -2.40. The van der Waals surface area contributed by atoms with Crippen molar-refractivity contribution in [2.24, 2.45) is 5.73 Å². The zero-order chi connectivity index (χ0) is 9.56. The molecule has 12 heavy (non-hydrogen) atoms. The van der Waals surface area contributed by atoms with E-state index in [1.807, 2.05) is 6.92 Å². The highest BCUT2D eigenvalue weighted by molar-refractivity contribution is 5.87. The summed E-state index contributed by atoms with van der Waals surface area (Å²) >= 11 is 0. The summed E-state index contributed by atoms with van der Waals surface area (Å²) in [7, 11) is 0. The number of nitrogens with one attached hydrogen (secondary N) is 1. The number of carbonyl (C=O) groups excluding carboxylic acids is 2. The molecule has 0 bridgehead atoms. The van der Waals surface area contributed by atoms with Crippen LogP contribution in [0.4, 0.5) is 0 Å². The van der Waals surface area contributed by atoms with Crippen LogP contribution in [0.15, 0.2) is 0 Å². The lowest BCUT2D eigenvalue weighted by Gasteiger charge is -2.05. The van der Waals surface area contributed by atoms with Crippen molar-refractivity contribution < 1.29 is 9.59 Å². The standard InChI is InChI=1S/C8H16N2O2/c1-3-4-7(11)5-10-8(12)6(2)9/h6H,3-5,9H2,1-2H3,(H,10,12)/t6-/m1/s1. The SMILES string of the molecule is CCCC(=O)CNC(=O)[C@@H](C)N. The third-order valence-electron chi connectivity index (χ3n) is 1.40. The average Bonchev–Trinajstić information content (AvgIpc) is 2.00. The van der Waals surface area contributed by atoms with Crippen LogP contribution in [-0.4, -0.2) is 24.3 Å². The first kappa shape index (κ1) is 11.1. The maximum absolute atomic E-state index is 10.9. The third kappa shape index (κ3) is 4.85. The minimum atomic E-state index is -0.542. The second-order valence-corrected chi connectivity index (χ2v) is 2.80. The van der Waals surface area contributed by atoms with E-state index in [0.29, 0.717) is 6.42 Å². The summed E-state index contributed by atoms with van der Waals surface area (Å²) in [6, 6.07) is -0.542. The smallest absolute Gasteiger partial charge is 0.236 e. The molecular weight excluding hydrogens is 156 g/mol. The van der Waals surface area contributed by atoms with E-state index in [4.69, 9.17) is 5.73 Å². The number of ketones is 1. The van der Waals surface area contributed by atoms with Gasteiger partial charge in [0.2, 0.25) is 5.91 Å². The minimum Gasteiger partial charge on any atom is -0.348 e. The number of hydrogen-bond donors (Lipinski definition) is 2. The maximum Gasteiger partial charge on any atom is 0.236 e. The van der Waals surface area contributed by atoms with Crippen LogP contribution in [0.5, 0.6) is 0 Å². The lowest BCUT2D eigenvalue weighted by atomic mass is 10.2. The van der Waals surface area contributed by atoms with E-state index in [0.717, 1.165) is 6.42 Å². The molecule has 1 amide bonds. The molecule has 3 N–H and O–H groups in total. The van der Waals surface area contributed by atoms with Gasteiger partial charge in [-0.2, -0.15) is 0 Å². The van der Waals surface area contributed by atoms with Crippen molar-refractivity contribution in [3.63, 3.8) is 0 Å². The number of amides is 1. The Morgan fingerprint density at radius 1 is 1.50 bits per heavy atom. The van der Waals surface area contributed by atoms with Crippen molar-refractivity contribution in [1.82, 2.24) is 5.32 Å².